The summed E-state index contributed by atoms with van der Waals surface area (Å²) in [5.41, 5.74) is 6.34. The maximum absolute atomic E-state index is 13.8. The number of carbonyl (C=O) groups excluding carboxylic acids is 2. The van der Waals surface area contributed by atoms with Gasteiger partial charge < -0.3 is 15.4 Å². The molecule has 1 aliphatic heterocycles. The van der Waals surface area contributed by atoms with E-state index in [1.807, 2.05) is 55.5 Å². The minimum absolute atomic E-state index is 0.154. The van der Waals surface area contributed by atoms with Crippen molar-refractivity contribution >= 4 is 40.3 Å². The fraction of sp³-hybridized carbons (Fsp3) is 0.171. The molecule has 0 aliphatic carbocycles. The van der Waals surface area contributed by atoms with Crippen molar-refractivity contribution in [2.45, 2.75) is 33.1 Å². The van der Waals surface area contributed by atoms with Crippen molar-refractivity contribution < 1.29 is 14.3 Å². The standard InChI is InChI=1S/C35H31ClN6O3/c1-21-31(34(43)41-30-10-6-7-17-38-30)33(26-8-4-5-9-27(26)36)32(22(2)39-21)35(44)45-19-16-24-11-13-25(14-12-24)42-23(3)40-28-20-37-18-15-29(28)42/h4-15,17-18,20,33,39H,16,19H2,1-3H3,(H,38,41,43). The highest BCUT2D eigenvalue weighted by atomic mass is 35.5. The number of aryl methyl sites for hydroxylation is 1. The van der Waals surface area contributed by atoms with Crippen LogP contribution in [0, 0.1) is 6.92 Å². The normalized spacial score (nSPS) is 14.8. The third-order valence-electron chi connectivity index (χ3n) is 7.79. The number of esters is 1. The van der Waals surface area contributed by atoms with Gasteiger partial charge in [-0.3, -0.25) is 14.3 Å². The first-order valence-corrected chi connectivity index (χ1v) is 14.9. The topological polar surface area (TPSA) is 111 Å². The molecule has 0 saturated heterocycles. The molecule has 1 aliphatic rings. The first-order valence-electron chi connectivity index (χ1n) is 14.5. The Morgan fingerprint density at radius 1 is 0.933 bits per heavy atom. The molecule has 0 radical (unpaired) electrons. The first-order chi connectivity index (χ1) is 21.8. The number of pyridine rings is 2. The van der Waals surface area contributed by atoms with E-state index in [1.54, 1.807) is 56.7 Å². The van der Waals surface area contributed by atoms with Crippen LogP contribution >= 0.6 is 11.6 Å². The molecule has 45 heavy (non-hydrogen) atoms. The number of nitrogens with one attached hydrogen (secondary N) is 2. The SMILES string of the molecule is CC1=C(C(=O)Nc2ccccn2)C(c2ccccc2Cl)C(C(=O)OCCc2ccc(-n3c(C)nc4cnccc43)cc2)=C(C)N1. The number of carbonyl (C=O) groups is 2. The first kappa shape index (κ1) is 29.8. The number of dihydropyridines is 1. The summed E-state index contributed by atoms with van der Waals surface area (Å²) in [4.78, 5) is 40.4. The summed E-state index contributed by atoms with van der Waals surface area (Å²) in [6.07, 6.45) is 5.62. The molecule has 0 saturated carbocycles. The maximum Gasteiger partial charge on any atom is 0.336 e. The van der Waals surface area contributed by atoms with Gasteiger partial charge in [0.2, 0.25) is 0 Å². The van der Waals surface area contributed by atoms with E-state index in [0.29, 0.717) is 45.4 Å². The van der Waals surface area contributed by atoms with Gasteiger partial charge in [0, 0.05) is 46.5 Å². The zero-order valence-electron chi connectivity index (χ0n) is 25.0. The van der Waals surface area contributed by atoms with Crippen LogP contribution < -0.4 is 10.6 Å². The number of hydrogen-bond acceptors (Lipinski definition) is 7. The van der Waals surface area contributed by atoms with Crippen molar-refractivity contribution in [1.29, 1.82) is 0 Å². The molecule has 6 rings (SSSR count). The van der Waals surface area contributed by atoms with Crippen molar-refractivity contribution in [3.63, 3.8) is 0 Å². The number of amides is 1. The van der Waals surface area contributed by atoms with E-state index in [-0.39, 0.29) is 6.61 Å². The number of ether oxygens (including phenoxy) is 1. The Morgan fingerprint density at radius 3 is 2.44 bits per heavy atom. The number of allylic oxidation sites excluding steroid dienone is 2. The Labute approximate surface area is 265 Å². The van der Waals surface area contributed by atoms with Crippen molar-refractivity contribution in [2.24, 2.45) is 0 Å². The molecular formula is C35H31ClN6O3. The van der Waals surface area contributed by atoms with Gasteiger partial charge in [0.1, 0.15) is 17.2 Å². The number of fused-ring (bicyclic) bond motifs is 1. The van der Waals surface area contributed by atoms with E-state index >= 15 is 0 Å². The fourth-order valence-corrected chi connectivity index (χ4v) is 5.98. The third-order valence-corrected chi connectivity index (χ3v) is 8.13. The molecule has 0 spiro atoms. The molecule has 9 nitrogen and oxygen atoms in total. The van der Waals surface area contributed by atoms with Crippen LogP contribution in [0.15, 0.2) is 114 Å². The number of aromatic nitrogens is 4. The predicted molar refractivity (Wildman–Crippen MR) is 174 cm³/mol. The lowest BCUT2D eigenvalue weighted by Crippen LogP contribution is -2.34. The molecule has 4 heterocycles. The second-order valence-electron chi connectivity index (χ2n) is 10.7. The number of hydrogen-bond donors (Lipinski definition) is 2. The van der Waals surface area contributed by atoms with Crippen LogP contribution in [0.1, 0.15) is 36.7 Å². The predicted octanol–water partition coefficient (Wildman–Crippen LogP) is 6.44. The quantitative estimate of drug-likeness (QED) is 0.193. The lowest BCUT2D eigenvalue weighted by molar-refractivity contribution is -0.139. The molecule has 0 fully saturated rings. The van der Waals surface area contributed by atoms with Crippen LogP contribution in [-0.4, -0.2) is 38.0 Å². The minimum Gasteiger partial charge on any atom is -0.462 e. The highest BCUT2D eigenvalue weighted by Gasteiger charge is 2.38. The largest absolute Gasteiger partial charge is 0.462 e. The monoisotopic (exact) mass is 618 g/mol. The van der Waals surface area contributed by atoms with Gasteiger partial charge in [-0.2, -0.15) is 0 Å². The number of imidazole rings is 1. The molecule has 2 N–H and O–H groups in total. The molecular weight excluding hydrogens is 588 g/mol. The smallest absolute Gasteiger partial charge is 0.336 e. The molecule has 1 unspecified atom stereocenters. The number of anilines is 1. The van der Waals surface area contributed by atoms with Crippen LogP contribution in [0.5, 0.6) is 0 Å². The second kappa shape index (κ2) is 12.8. The molecule has 2 aromatic carbocycles. The van der Waals surface area contributed by atoms with Gasteiger partial charge in [-0.1, -0.05) is 48.0 Å². The van der Waals surface area contributed by atoms with Crippen molar-refractivity contribution in [3.05, 3.63) is 136 Å². The second-order valence-corrected chi connectivity index (χ2v) is 11.1. The lowest BCUT2D eigenvalue weighted by atomic mass is 9.80. The van der Waals surface area contributed by atoms with E-state index in [9.17, 15) is 9.59 Å². The summed E-state index contributed by atoms with van der Waals surface area (Å²) >= 11 is 6.66. The molecule has 10 heteroatoms. The van der Waals surface area contributed by atoms with E-state index in [4.69, 9.17) is 16.3 Å². The summed E-state index contributed by atoms with van der Waals surface area (Å²) in [5, 5.41) is 6.51. The molecule has 3 aromatic heterocycles. The Bertz CT molecular complexity index is 1960. The van der Waals surface area contributed by atoms with Gasteiger partial charge >= 0.3 is 5.97 Å². The number of benzene rings is 2. The van der Waals surface area contributed by atoms with E-state index in [1.165, 1.54) is 0 Å². The van der Waals surface area contributed by atoms with Crippen LogP contribution in [0.25, 0.3) is 16.7 Å². The minimum atomic E-state index is -0.751. The lowest BCUT2D eigenvalue weighted by Gasteiger charge is -2.31. The number of halogens is 1. The van der Waals surface area contributed by atoms with Crippen molar-refractivity contribution in [1.82, 2.24) is 24.8 Å². The van der Waals surface area contributed by atoms with Gasteiger partial charge in [-0.15, -0.1) is 0 Å². The third kappa shape index (κ3) is 6.07. The average Bonchev–Trinajstić information content (AvgIpc) is 3.37. The molecule has 0 bridgehead atoms. The van der Waals surface area contributed by atoms with Crippen LogP contribution in [0.2, 0.25) is 5.02 Å². The van der Waals surface area contributed by atoms with Gasteiger partial charge in [0.05, 0.1) is 29.8 Å². The van der Waals surface area contributed by atoms with Gasteiger partial charge in [-0.25, -0.2) is 14.8 Å². The van der Waals surface area contributed by atoms with Crippen LogP contribution in [0.3, 0.4) is 0 Å². The number of nitrogens with zero attached hydrogens (tertiary/aromatic N) is 4. The summed E-state index contributed by atoms with van der Waals surface area (Å²) in [7, 11) is 0. The zero-order chi connectivity index (χ0) is 31.5. The molecule has 1 amide bonds. The van der Waals surface area contributed by atoms with E-state index in [2.05, 4.69) is 30.2 Å². The summed E-state index contributed by atoms with van der Waals surface area (Å²) in [5.74, 6) is -0.394. The summed E-state index contributed by atoms with van der Waals surface area (Å²) in [6, 6.07) is 22.5. The van der Waals surface area contributed by atoms with Crippen molar-refractivity contribution in [3.8, 4) is 5.69 Å². The fourth-order valence-electron chi connectivity index (χ4n) is 5.74. The van der Waals surface area contributed by atoms with Gasteiger partial charge in [-0.05, 0) is 68.3 Å². The Kier molecular flexibility index (Phi) is 8.44. The van der Waals surface area contributed by atoms with E-state index in [0.717, 1.165) is 28.1 Å². The molecule has 226 valence electrons. The molecule has 5 aromatic rings. The number of rotatable bonds is 8. The summed E-state index contributed by atoms with van der Waals surface area (Å²) < 4.78 is 7.92. The van der Waals surface area contributed by atoms with Gasteiger partial charge in [0.15, 0.2) is 0 Å². The maximum atomic E-state index is 13.8. The Hall–Kier alpha value is -5.28. The van der Waals surface area contributed by atoms with Gasteiger partial charge in [0.25, 0.3) is 5.91 Å². The Morgan fingerprint density at radius 2 is 1.69 bits per heavy atom. The highest BCUT2D eigenvalue weighted by Crippen LogP contribution is 2.41. The average molecular weight is 619 g/mol. The van der Waals surface area contributed by atoms with Crippen LogP contribution in [-0.2, 0) is 20.7 Å². The van der Waals surface area contributed by atoms with E-state index < -0.39 is 17.8 Å². The molecule has 1 atom stereocenters. The highest BCUT2D eigenvalue weighted by molar-refractivity contribution is 6.31. The van der Waals surface area contributed by atoms with Crippen molar-refractivity contribution in [2.75, 3.05) is 11.9 Å². The zero-order valence-corrected chi connectivity index (χ0v) is 25.8. The Balaban J connectivity index is 1.21. The summed E-state index contributed by atoms with van der Waals surface area (Å²) in [6.45, 7) is 5.72. The van der Waals surface area contributed by atoms with Crippen LogP contribution in [0.4, 0.5) is 5.82 Å².